The molecule has 0 aromatic rings. The Bertz CT molecular complexity index is 289. The minimum atomic E-state index is -0.182. The molecule has 1 heterocycles. The van der Waals surface area contributed by atoms with Gasteiger partial charge in [-0.1, -0.05) is 13.8 Å². The molecule has 0 aromatic carbocycles. The third-order valence-corrected chi connectivity index (χ3v) is 5.23. The molecule has 4 unspecified atom stereocenters. The lowest BCUT2D eigenvalue weighted by molar-refractivity contribution is 0.0279. The van der Waals surface area contributed by atoms with Crippen molar-refractivity contribution in [3.8, 4) is 0 Å². The maximum Gasteiger partial charge on any atom is 0.0553 e. The normalized spacial score (nSPS) is 31.5. The molecule has 2 N–H and O–H groups in total. The molecule has 0 bridgehead atoms. The molecular weight excluding hydrogens is 248 g/mol. The van der Waals surface area contributed by atoms with E-state index < -0.39 is 0 Å². The van der Waals surface area contributed by atoms with Crippen LogP contribution in [0.1, 0.15) is 53.4 Å². The number of aliphatic hydroxyl groups excluding tert-OH is 1. The van der Waals surface area contributed by atoms with Crippen LogP contribution in [0.2, 0.25) is 0 Å². The first-order chi connectivity index (χ1) is 9.47. The number of nitrogens with one attached hydrogen (secondary N) is 1. The van der Waals surface area contributed by atoms with E-state index in [4.69, 9.17) is 0 Å². The van der Waals surface area contributed by atoms with Crippen LogP contribution in [0, 0.1) is 17.8 Å². The third kappa shape index (κ3) is 4.71. The zero-order valence-corrected chi connectivity index (χ0v) is 13.8. The molecule has 0 amide bonds. The first-order valence-corrected chi connectivity index (χ1v) is 8.62. The monoisotopic (exact) mass is 282 g/mol. The van der Waals surface area contributed by atoms with E-state index in [9.17, 15) is 5.11 Å². The summed E-state index contributed by atoms with van der Waals surface area (Å²) in [4.78, 5) is 2.63. The summed E-state index contributed by atoms with van der Waals surface area (Å²) in [7, 11) is 0. The number of aliphatic hydroxyl groups is 1. The van der Waals surface area contributed by atoms with E-state index in [1.165, 1.54) is 25.8 Å². The molecule has 1 saturated carbocycles. The highest BCUT2D eigenvalue weighted by Gasteiger charge is 2.37. The van der Waals surface area contributed by atoms with Gasteiger partial charge < -0.3 is 10.4 Å². The van der Waals surface area contributed by atoms with Crippen LogP contribution in [0.5, 0.6) is 0 Å². The fourth-order valence-corrected chi connectivity index (χ4v) is 3.46. The van der Waals surface area contributed by atoms with Crippen molar-refractivity contribution in [2.24, 2.45) is 17.8 Å². The van der Waals surface area contributed by atoms with Crippen LogP contribution in [-0.4, -0.2) is 47.8 Å². The van der Waals surface area contributed by atoms with E-state index in [0.717, 1.165) is 31.3 Å². The Morgan fingerprint density at radius 1 is 1.10 bits per heavy atom. The fourth-order valence-electron chi connectivity index (χ4n) is 3.46. The number of piperidine rings is 1. The van der Waals surface area contributed by atoms with Crippen LogP contribution in [0.15, 0.2) is 0 Å². The Morgan fingerprint density at radius 3 is 2.35 bits per heavy atom. The molecule has 118 valence electrons. The van der Waals surface area contributed by atoms with Gasteiger partial charge in [-0.25, -0.2) is 0 Å². The fraction of sp³-hybridized carbons (Fsp3) is 1.00. The zero-order valence-electron chi connectivity index (χ0n) is 13.8. The summed E-state index contributed by atoms with van der Waals surface area (Å²) < 4.78 is 0. The van der Waals surface area contributed by atoms with Crippen molar-refractivity contribution >= 4 is 0 Å². The Kier molecular flexibility index (Phi) is 5.88. The first-order valence-electron chi connectivity index (χ1n) is 8.62. The van der Waals surface area contributed by atoms with Crippen molar-refractivity contribution in [2.75, 3.05) is 19.6 Å². The molecule has 2 rings (SSSR count). The van der Waals surface area contributed by atoms with Crippen LogP contribution in [0.25, 0.3) is 0 Å². The van der Waals surface area contributed by atoms with E-state index in [1.54, 1.807) is 0 Å². The molecule has 20 heavy (non-hydrogen) atoms. The minimum absolute atomic E-state index is 0.182. The lowest BCUT2D eigenvalue weighted by Gasteiger charge is -2.42. The van der Waals surface area contributed by atoms with Crippen molar-refractivity contribution < 1.29 is 5.11 Å². The summed E-state index contributed by atoms with van der Waals surface area (Å²) in [6.45, 7) is 12.3. The van der Waals surface area contributed by atoms with Gasteiger partial charge in [-0.3, -0.25) is 4.90 Å². The summed E-state index contributed by atoms with van der Waals surface area (Å²) in [5.74, 6) is 2.11. The Balaban J connectivity index is 1.86. The van der Waals surface area contributed by atoms with Gasteiger partial charge in [0.25, 0.3) is 0 Å². The van der Waals surface area contributed by atoms with Crippen molar-refractivity contribution in [3.63, 3.8) is 0 Å². The highest BCUT2D eigenvalue weighted by Crippen LogP contribution is 2.36. The van der Waals surface area contributed by atoms with Gasteiger partial charge in [0, 0.05) is 25.2 Å². The second-order valence-electron chi connectivity index (χ2n) is 7.60. The molecule has 4 atom stereocenters. The average molecular weight is 282 g/mol. The van der Waals surface area contributed by atoms with Crippen LogP contribution in [0.3, 0.4) is 0 Å². The molecule has 2 aliphatic rings. The minimum Gasteiger partial charge on any atom is -0.393 e. The Morgan fingerprint density at radius 2 is 1.80 bits per heavy atom. The standard InChI is InChI=1S/C17H34N2O/c1-12(2)7-8-18-17-9-16(14(4)20)10-19(11-17)13(3)15-5-6-15/h12-18,20H,5-11H2,1-4H3. The van der Waals surface area contributed by atoms with Crippen LogP contribution in [0.4, 0.5) is 0 Å². The molecule has 0 radical (unpaired) electrons. The summed E-state index contributed by atoms with van der Waals surface area (Å²) in [6.07, 6.45) is 5.00. The van der Waals surface area contributed by atoms with E-state index in [2.05, 4.69) is 31.0 Å². The molecule has 1 saturated heterocycles. The first kappa shape index (κ1) is 16.3. The number of likely N-dealkylation sites (tertiary alicyclic amines) is 1. The molecule has 3 nitrogen and oxygen atoms in total. The summed E-state index contributed by atoms with van der Waals surface area (Å²) >= 11 is 0. The lowest BCUT2D eigenvalue weighted by atomic mass is 9.89. The van der Waals surface area contributed by atoms with Gasteiger partial charge in [0.1, 0.15) is 0 Å². The number of hydrogen-bond acceptors (Lipinski definition) is 3. The molecular formula is C17H34N2O. The van der Waals surface area contributed by atoms with Gasteiger partial charge >= 0.3 is 0 Å². The maximum absolute atomic E-state index is 10.0. The lowest BCUT2D eigenvalue weighted by Crippen LogP contribution is -2.54. The SMILES string of the molecule is CC(C)CCNC1CC(C(C)O)CN(C(C)C2CC2)C1. The molecule has 3 heteroatoms. The van der Waals surface area contributed by atoms with E-state index in [1.807, 2.05) is 6.92 Å². The molecule has 0 aromatic heterocycles. The predicted molar refractivity (Wildman–Crippen MR) is 84.8 cm³/mol. The second-order valence-corrected chi connectivity index (χ2v) is 7.60. The van der Waals surface area contributed by atoms with Crippen molar-refractivity contribution in [1.29, 1.82) is 0 Å². The van der Waals surface area contributed by atoms with Gasteiger partial charge in [0.15, 0.2) is 0 Å². The summed E-state index contributed by atoms with van der Waals surface area (Å²) in [5.41, 5.74) is 0. The topological polar surface area (TPSA) is 35.5 Å². The summed E-state index contributed by atoms with van der Waals surface area (Å²) in [5, 5.41) is 13.7. The highest BCUT2D eigenvalue weighted by atomic mass is 16.3. The van der Waals surface area contributed by atoms with Crippen LogP contribution < -0.4 is 5.32 Å². The second kappa shape index (κ2) is 7.24. The maximum atomic E-state index is 10.0. The van der Waals surface area contributed by atoms with Gasteiger partial charge in [-0.15, -0.1) is 0 Å². The molecule has 2 fully saturated rings. The van der Waals surface area contributed by atoms with Crippen molar-refractivity contribution in [3.05, 3.63) is 0 Å². The zero-order chi connectivity index (χ0) is 14.7. The number of nitrogens with zero attached hydrogens (tertiary/aromatic N) is 1. The third-order valence-electron chi connectivity index (χ3n) is 5.23. The number of rotatable bonds is 7. The van der Waals surface area contributed by atoms with E-state index >= 15 is 0 Å². The van der Waals surface area contributed by atoms with E-state index in [0.29, 0.717) is 18.0 Å². The molecule has 0 spiro atoms. The van der Waals surface area contributed by atoms with Gasteiger partial charge in [-0.05, 0) is 63.8 Å². The van der Waals surface area contributed by atoms with Crippen molar-refractivity contribution in [1.82, 2.24) is 10.2 Å². The number of hydrogen-bond donors (Lipinski definition) is 2. The molecule has 1 aliphatic carbocycles. The van der Waals surface area contributed by atoms with Gasteiger partial charge in [-0.2, -0.15) is 0 Å². The highest BCUT2D eigenvalue weighted by molar-refractivity contribution is 4.92. The van der Waals surface area contributed by atoms with E-state index in [-0.39, 0.29) is 6.10 Å². The van der Waals surface area contributed by atoms with Crippen LogP contribution in [-0.2, 0) is 0 Å². The molecule has 1 aliphatic heterocycles. The summed E-state index contributed by atoms with van der Waals surface area (Å²) in [6, 6.07) is 1.26. The predicted octanol–water partition coefficient (Wildman–Crippen LogP) is 2.49. The van der Waals surface area contributed by atoms with Crippen LogP contribution >= 0.6 is 0 Å². The largest absolute Gasteiger partial charge is 0.393 e. The Hall–Kier alpha value is -0.120. The van der Waals surface area contributed by atoms with Gasteiger partial charge in [0.2, 0.25) is 0 Å². The average Bonchev–Trinajstić information content (AvgIpc) is 3.21. The van der Waals surface area contributed by atoms with Crippen molar-refractivity contribution in [2.45, 2.75) is 71.6 Å². The smallest absolute Gasteiger partial charge is 0.0553 e. The van der Waals surface area contributed by atoms with Gasteiger partial charge in [0.05, 0.1) is 6.10 Å². The quantitative estimate of drug-likeness (QED) is 0.753. The Labute approximate surface area is 125 Å².